The Bertz CT molecular complexity index is 525. The number of aromatic nitrogens is 1. The fourth-order valence-electron chi connectivity index (χ4n) is 2.21. The van der Waals surface area contributed by atoms with Gasteiger partial charge in [-0.2, -0.15) is 0 Å². The van der Waals surface area contributed by atoms with E-state index in [1.165, 1.54) is 6.42 Å². The van der Waals surface area contributed by atoms with E-state index in [2.05, 4.69) is 30.2 Å². The zero-order chi connectivity index (χ0) is 13.0. The van der Waals surface area contributed by atoms with Crippen LogP contribution in [-0.4, -0.2) is 18.1 Å². The highest BCUT2D eigenvalue weighted by molar-refractivity contribution is 5.95. The van der Waals surface area contributed by atoms with E-state index in [0.29, 0.717) is 6.04 Å². The Labute approximate surface area is 108 Å². The van der Waals surface area contributed by atoms with Gasteiger partial charge >= 0.3 is 0 Å². The largest absolute Gasteiger partial charge is 0.496 e. The summed E-state index contributed by atoms with van der Waals surface area (Å²) in [6, 6.07) is 8.47. The Kier molecular flexibility index (Phi) is 4.03. The summed E-state index contributed by atoms with van der Waals surface area (Å²) in [6.07, 6.45) is 4.14. The van der Waals surface area contributed by atoms with E-state index in [-0.39, 0.29) is 0 Å². The Hall–Kier alpha value is -1.77. The number of nitrogens with zero attached hydrogens (tertiary/aromatic N) is 1. The van der Waals surface area contributed by atoms with Gasteiger partial charge in [0.1, 0.15) is 11.6 Å². The van der Waals surface area contributed by atoms with Crippen molar-refractivity contribution in [1.29, 1.82) is 0 Å². The molecule has 0 aliphatic rings. The van der Waals surface area contributed by atoms with Gasteiger partial charge in [-0.05, 0) is 25.5 Å². The maximum absolute atomic E-state index is 5.38. The van der Waals surface area contributed by atoms with Crippen LogP contribution in [-0.2, 0) is 0 Å². The van der Waals surface area contributed by atoms with Crippen molar-refractivity contribution < 1.29 is 4.74 Å². The van der Waals surface area contributed by atoms with Gasteiger partial charge in [-0.15, -0.1) is 0 Å². The van der Waals surface area contributed by atoms with Crippen LogP contribution in [0.25, 0.3) is 10.8 Å². The van der Waals surface area contributed by atoms with Crippen molar-refractivity contribution in [2.24, 2.45) is 0 Å². The van der Waals surface area contributed by atoms with Crippen molar-refractivity contribution >= 4 is 16.6 Å². The number of pyridine rings is 1. The molecule has 0 radical (unpaired) electrons. The van der Waals surface area contributed by atoms with E-state index in [1.807, 2.05) is 24.4 Å². The Balaban J connectivity index is 2.39. The third kappa shape index (κ3) is 2.55. The third-order valence-electron chi connectivity index (χ3n) is 3.09. The number of ether oxygens (including phenoxy) is 1. The first-order chi connectivity index (χ1) is 8.76. The summed E-state index contributed by atoms with van der Waals surface area (Å²) in [4.78, 5) is 4.44. The molecule has 1 atom stereocenters. The van der Waals surface area contributed by atoms with E-state index in [9.17, 15) is 0 Å². The van der Waals surface area contributed by atoms with Crippen LogP contribution in [0.1, 0.15) is 26.7 Å². The van der Waals surface area contributed by atoms with E-state index < -0.39 is 0 Å². The molecule has 0 spiro atoms. The molecule has 1 unspecified atom stereocenters. The molecule has 1 N–H and O–H groups in total. The van der Waals surface area contributed by atoms with Gasteiger partial charge in [0, 0.05) is 23.0 Å². The molecule has 1 aromatic heterocycles. The summed E-state index contributed by atoms with van der Waals surface area (Å²) in [5.41, 5.74) is 0. The maximum atomic E-state index is 5.38. The summed E-state index contributed by atoms with van der Waals surface area (Å²) in [7, 11) is 1.70. The number of benzene rings is 1. The van der Waals surface area contributed by atoms with Crippen LogP contribution < -0.4 is 10.1 Å². The molecule has 96 valence electrons. The van der Waals surface area contributed by atoms with Crippen LogP contribution in [0.3, 0.4) is 0 Å². The van der Waals surface area contributed by atoms with E-state index in [4.69, 9.17) is 4.74 Å². The first-order valence-electron chi connectivity index (χ1n) is 6.44. The fourth-order valence-corrected chi connectivity index (χ4v) is 2.21. The van der Waals surface area contributed by atoms with Gasteiger partial charge in [0.15, 0.2) is 0 Å². The number of nitrogens with one attached hydrogen (secondary N) is 1. The molecule has 0 saturated carbocycles. The molecule has 1 heterocycles. The average Bonchev–Trinajstić information content (AvgIpc) is 2.38. The highest BCUT2D eigenvalue weighted by Crippen LogP contribution is 2.29. The quantitative estimate of drug-likeness (QED) is 0.867. The van der Waals surface area contributed by atoms with E-state index in [0.717, 1.165) is 28.8 Å². The predicted octanol–water partition coefficient (Wildman–Crippen LogP) is 3.84. The molecular weight excluding hydrogens is 224 g/mol. The van der Waals surface area contributed by atoms with Crippen molar-refractivity contribution in [2.45, 2.75) is 32.7 Å². The summed E-state index contributed by atoms with van der Waals surface area (Å²) in [5, 5.41) is 5.68. The lowest BCUT2D eigenvalue weighted by atomic mass is 10.1. The van der Waals surface area contributed by atoms with Gasteiger partial charge in [-0.1, -0.05) is 25.5 Å². The zero-order valence-corrected chi connectivity index (χ0v) is 11.2. The third-order valence-corrected chi connectivity index (χ3v) is 3.09. The molecule has 2 rings (SSSR count). The van der Waals surface area contributed by atoms with Gasteiger partial charge in [0.25, 0.3) is 0 Å². The number of rotatable bonds is 5. The number of hydrogen-bond acceptors (Lipinski definition) is 3. The lowest BCUT2D eigenvalue weighted by molar-refractivity contribution is 0.420. The van der Waals surface area contributed by atoms with Gasteiger partial charge in [-0.25, -0.2) is 4.98 Å². The van der Waals surface area contributed by atoms with E-state index in [1.54, 1.807) is 7.11 Å². The van der Waals surface area contributed by atoms with Crippen LogP contribution in [0.15, 0.2) is 30.5 Å². The molecule has 3 heteroatoms. The van der Waals surface area contributed by atoms with Crippen molar-refractivity contribution in [1.82, 2.24) is 4.98 Å². The molecule has 3 nitrogen and oxygen atoms in total. The number of methoxy groups -OCH3 is 1. The Morgan fingerprint density at radius 3 is 2.83 bits per heavy atom. The van der Waals surface area contributed by atoms with Crippen LogP contribution in [0, 0.1) is 0 Å². The number of fused-ring (bicyclic) bond motifs is 1. The number of anilines is 1. The van der Waals surface area contributed by atoms with E-state index >= 15 is 0 Å². The van der Waals surface area contributed by atoms with Crippen LogP contribution in [0.5, 0.6) is 5.75 Å². The molecule has 0 aliphatic carbocycles. The first-order valence-corrected chi connectivity index (χ1v) is 6.44. The van der Waals surface area contributed by atoms with Gasteiger partial charge in [0.05, 0.1) is 7.11 Å². The van der Waals surface area contributed by atoms with Crippen molar-refractivity contribution in [3.05, 3.63) is 30.5 Å². The fraction of sp³-hybridized carbons (Fsp3) is 0.400. The summed E-state index contributed by atoms with van der Waals surface area (Å²) < 4.78 is 5.38. The summed E-state index contributed by atoms with van der Waals surface area (Å²) >= 11 is 0. The molecule has 0 fully saturated rings. The van der Waals surface area contributed by atoms with Crippen molar-refractivity contribution in [3.63, 3.8) is 0 Å². The Morgan fingerprint density at radius 2 is 2.11 bits per heavy atom. The zero-order valence-electron chi connectivity index (χ0n) is 11.2. The lowest BCUT2D eigenvalue weighted by Gasteiger charge is -2.15. The molecule has 0 bridgehead atoms. The van der Waals surface area contributed by atoms with Crippen molar-refractivity contribution in [3.8, 4) is 5.75 Å². The topological polar surface area (TPSA) is 34.2 Å². The maximum Gasteiger partial charge on any atom is 0.134 e. The second-order valence-corrected chi connectivity index (χ2v) is 4.55. The highest BCUT2D eigenvalue weighted by Gasteiger charge is 2.08. The SMILES string of the molecule is CCCC(C)Nc1nccc2c(OC)cccc12. The highest BCUT2D eigenvalue weighted by atomic mass is 16.5. The minimum absolute atomic E-state index is 0.430. The lowest BCUT2D eigenvalue weighted by Crippen LogP contribution is -2.15. The van der Waals surface area contributed by atoms with Crippen molar-refractivity contribution in [2.75, 3.05) is 12.4 Å². The van der Waals surface area contributed by atoms with Crippen LogP contribution in [0.4, 0.5) is 5.82 Å². The number of hydrogen-bond donors (Lipinski definition) is 1. The van der Waals surface area contributed by atoms with Gasteiger partial charge in [0.2, 0.25) is 0 Å². The van der Waals surface area contributed by atoms with Crippen LogP contribution in [0.2, 0.25) is 0 Å². The summed E-state index contributed by atoms with van der Waals surface area (Å²) in [5.74, 6) is 1.83. The second kappa shape index (κ2) is 5.71. The normalized spacial score (nSPS) is 12.4. The molecule has 0 amide bonds. The minimum atomic E-state index is 0.430. The smallest absolute Gasteiger partial charge is 0.134 e. The molecule has 2 aromatic rings. The molecular formula is C15H20N2O. The Morgan fingerprint density at radius 1 is 1.28 bits per heavy atom. The molecule has 0 aliphatic heterocycles. The van der Waals surface area contributed by atoms with Gasteiger partial charge < -0.3 is 10.1 Å². The monoisotopic (exact) mass is 244 g/mol. The first kappa shape index (κ1) is 12.7. The minimum Gasteiger partial charge on any atom is -0.496 e. The predicted molar refractivity (Wildman–Crippen MR) is 76.3 cm³/mol. The summed E-state index contributed by atoms with van der Waals surface area (Å²) in [6.45, 7) is 4.38. The van der Waals surface area contributed by atoms with Gasteiger partial charge in [-0.3, -0.25) is 0 Å². The molecule has 18 heavy (non-hydrogen) atoms. The average molecular weight is 244 g/mol. The van der Waals surface area contributed by atoms with Crippen LogP contribution >= 0.6 is 0 Å². The molecule has 0 saturated heterocycles. The standard InChI is InChI=1S/C15H20N2O/c1-4-6-11(2)17-15-13-7-5-8-14(18-3)12(13)9-10-16-15/h5,7-11H,4,6H2,1-3H3,(H,16,17). The second-order valence-electron chi connectivity index (χ2n) is 4.55. The molecule has 1 aromatic carbocycles.